The summed E-state index contributed by atoms with van der Waals surface area (Å²) in [4.78, 5) is 65.8. The summed E-state index contributed by atoms with van der Waals surface area (Å²) in [5.41, 5.74) is 3.40. The summed E-state index contributed by atoms with van der Waals surface area (Å²) in [6.45, 7) is 22.3. The third kappa shape index (κ3) is 11.3. The minimum Gasteiger partial charge on any atom is -0.871 e. The van der Waals surface area contributed by atoms with Gasteiger partial charge in [0.2, 0.25) is 17.2 Å². The maximum Gasteiger partial charge on any atom is 0.269 e. The maximum absolute atomic E-state index is 14.9. The number of allylic oxidation sites excluding steroid dienone is 2. The topological polar surface area (TPSA) is 209 Å². The van der Waals surface area contributed by atoms with E-state index in [4.69, 9.17) is 9.47 Å². The molecule has 1 aliphatic carbocycles. The Labute approximate surface area is 433 Å². The van der Waals surface area contributed by atoms with Crippen LogP contribution in [0.4, 0.5) is 28.4 Å². The van der Waals surface area contributed by atoms with E-state index in [0.29, 0.717) is 59.7 Å². The van der Waals surface area contributed by atoms with Gasteiger partial charge in [-0.25, -0.2) is 4.58 Å². The second-order valence-electron chi connectivity index (χ2n) is 21.7. The van der Waals surface area contributed by atoms with Crippen LogP contribution >= 0.6 is 0 Å². The number of nitrogens with one attached hydrogen (secondary N) is 2. The van der Waals surface area contributed by atoms with E-state index in [1.54, 1.807) is 24.3 Å². The Hall–Kier alpha value is -7.10. The Morgan fingerprint density at radius 3 is 1.65 bits per heavy atom. The van der Waals surface area contributed by atoms with Crippen molar-refractivity contribution in [2.75, 3.05) is 28.7 Å². The number of carbonyl (C=O) groups is 3. The molecule has 0 saturated heterocycles. The van der Waals surface area contributed by atoms with E-state index >= 15 is 0 Å². The molecule has 7 rings (SSSR count). The lowest BCUT2D eigenvalue weighted by Crippen LogP contribution is -2.42. The van der Waals surface area contributed by atoms with Crippen LogP contribution in [0.15, 0.2) is 78.6 Å². The second-order valence-corrected chi connectivity index (χ2v) is 21.7. The third-order valence-electron chi connectivity index (χ3n) is 15.5. The minimum absolute atomic E-state index is 0.000799. The van der Waals surface area contributed by atoms with Gasteiger partial charge in [0.25, 0.3) is 11.4 Å². The number of non-ortho nitro benzene ring substituents is 2. The van der Waals surface area contributed by atoms with E-state index in [1.807, 2.05) is 24.3 Å². The van der Waals surface area contributed by atoms with Crippen LogP contribution in [0.1, 0.15) is 150 Å². The smallest absolute Gasteiger partial charge is 0.269 e. The lowest BCUT2D eigenvalue weighted by molar-refractivity contribution is -0.385. The Balaban J connectivity index is 1.13. The van der Waals surface area contributed by atoms with Crippen LogP contribution in [-0.2, 0) is 25.2 Å². The van der Waals surface area contributed by atoms with Gasteiger partial charge < -0.3 is 30.1 Å². The highest BCUT2D eigenvalue weighted by Crippen LogP contribution is 2.50. The zero-order valence-corrected chi connectivity index (χ0v) is 44.6. The SMILES string of the molecule is CC(C)N1c2cc(NC(=O)CCCCCCOc3ccc([N+](=O)[O-])cc3)c(C3=C([O-])/C(=c4/cc5c(cc4NC(=O)CCCCCCOc4ccc([N+](=O)[O-])cc4)=[N+](C(C)C)C(C)C5(C)C)C3=O)cc2C(C)(C)C1C. The van der Waals surface area contributed by atoms with Crippen LogP contribution < -0.4 is 45.3 Å². The molecule has 16 nitrogen and oxygen atoms in total. The molecule has 0 aromatic heterocycles. The highest BCUT2D eigenvalue weighted by Gasteiger charge is 2.47. The molecule has 2 unspecified atom stereocenters. The zero-order valence-electron chi connectivity index (χ0n) is 44.6. The number of unbranched alkanes of at least 4 members (excludes halogenated alkanes) is 6. The van der Waals surface area contributed by atoms with Crippen molar-refractivity contribution in [3.8, 4) is 11.5 Å². The van der Waals surface area contributed by atoms with Crippen molar-refractivity contribution in [2.24, 2.45) is 0 Å². The summed E-state index contributed by atoms with van der Waals surface area (Å²) in [7, 11) is 0. The average molecular weight is 1010 g/mol. The number of nitro groups is 2. The summed E-state index contributed by atoms with van der Waals surface area (Å²) in [6.07, 6.45) is 6.29. The summed E-state index contributed by atoms with van der Waals surface area (Å²) >= 11 is 0. The average Bonchev–Trinajstić information content (AvgIpc) is 3.66. The first-order valence-electron chi connectivity index (χ1n) is 26.2. The van der Waals surface area contributed by atoms with E-state index < -0.39 is 21.4 Å². The number of fused-ring (bicyclic) bond motifs is 2. The summed E-state index contributed by atoms with van der Waals surface area (Å²) in [6, 6.07) is 20.0. The zero-order chi connectivity index (χ0) is 53.8. The molecule has 0 saturated carbocycles. The molecule has 0 bridgehead atoms. The van der Waals surface area contributed by atoms with Crippen molar-refractivity contribution in [1.29, 1.82) is 0 Å². The van der Waals surface area contributed by atoms with E-state index in [0.717, 1.165) is 60.7 Å². The van der Waals surface area contributed by atoms with Gasteiger partial charge in [0.15, 0.2) is 11.8 Å². The Morgan fingerprint density at radius 1 is 0.676 bits per heavy atom. The minimum atomic E-state index is -0.454. The first-order valence-corrected chi connectivity index (χ1v) is 26.2. The largest absolute Gasteiger partial charge is 0.871 e. The van der Waals surface area contributed by atoms with Gasteiger partial charge in [-0.05, 0) is 129 Å². The predicted octanol–water partition coefficient (Wildman–Crippen LogP) is 9.42. The van der Waals surface area contributed by atoms with Gasteiger partial charge in [-0.3, -0.25) is 34.6 Å². The Kier molecular flexibility index (Phi) is 16.7. The molecular weight excluding hydrogens is 941 g/mol. The number of hydrogen-bond acceptors (Lipinski definition) is 11. The molecule has 2 N–H and O–H groups in total. The van der Waals surface area contributed by atoms with Gasteiger partial charge in [-0.2, -0.15) is 0 Å². The fourth-order valence-electron chi connectivity index (χ4n) is 10.8. The molecule has 0 radical (unpaired) electrons. The molecule has 4 aromatic carbocycles. The lowest BCUT2D eigenvalue weighted by Gasteiger charge is -2.34. The molecule has 16 heteroatoms. The van der Waals surface area contributed by atoms with Gasteiger partial charge in [0.1, 0.15) is 17.5 Å². The Morgan fingerprint density at radius 2 is 1.18 bits per heavy atom. The summed E-state index contributed by atoms with van der Waals surface area (Å²) < 4.78 is 13.8. The van der Waals surface area contributed by atoms with Crippen LogP contribution in [0.3, 0.4) is 0 Å². The normalized spacial score (nSPS) is 18.1. The van der Waals surface area contributed by atoms with E-state index in [2.05, 4.69) is 89.3 Å². The quantitative estimate of drug-likeness (QED) is 0.0309. The number of benzene rings is 4. The molecule has 2 heterocycles. The summed E-state index contributed by atoms with van der Waals surface area (Å²) in [5.74, 6) is -0.241. The van der Waals surface area contributed by atoms with Crippen LogP contribution in [0.2, 0.25) is 0 Å². The number of hydrogen-bond donors (Lipinski definition) is 2. The number of nitrogens with zero attached hydrogens (tertiary/aromatic N) is 4. The molecule has 0 spiro atoms. The molecule has 2 amide bonds. The van der Waals surface area contributed by atoms with E-state index in [1.165, 1.54) is 24.3 Å². The number of carbonyl (C=O) groups excluding carboxylic acids is 3. The van der Waals surface area contributed by atoms with Crippen molar-refractivity contribution in [3.05, 3.63) is 126 Å². The van der Waals surface area contributed by atoms with E-state index in [9.17, 15) is 39.7 Å². The first-order chi connectivity index (χ1) is 35.0. The van der Waals surface area contributed by atoms with Gasteiger partial charge in [-0.15, -0.1) is 0 Å². The molecule has 2 aliphatic heterocycles. The number of ketones is 1. The van der Waals surface area contributed by atoms with Gasteiger partial charge >= 0.3 is 0 Å². The molecule has 0 fully saturated rings. The van der Waals surface area contributed by atoms with Crippen LogP contribution in [0, 0.1) is 20.2 Å². The van der Waals surface area contributed by atoms with Crippen LogP contribution in [-0.4, -0.2) is 64.8 Å². The summed E-state index contributed by atoms with van der Waals surface area (Å²) in [5, 5.41) is 44.4. The number of rotatable bonds is 23. The highest BCUT2D eigenvalue weighted by molar-refractivity contribution is 6.52. The van der Waals surface area contributed by atoms with Crippen LogP contribution in [0.25, 0.3) is 11.1 Å². The van der Waals surface area contributed by atoms with Crippen molar-refractivity contribution in [3.63, 3.8) is 0 Å². The molecule has 2 atom stereocenters. The second kappa shape index (κ2) is 22.6. The predicted molar refractivity (Wildman–Crippen MR) is 287 cm³/mol. The number of Topliss-reactive ketones (excluding diaryl/α,β-unsaturated/α-hetero) is 1. The number of ether oxygens (including phenoxy) is 2. The highest BCUT2D eigenvalue weighted by atomic mass is 16.6. The maximum atomic E-state index is 14.9. The van der Waals surface area contributed by atoms with E-state index in [-0.39, 0.29) is 82.2 Å². The van der Waals surface area contributed by atoms with Crippen molar-refractivity contribution in [2.45, 2.75) is 168 Å². The molecule has 394 valence electrons. The van der Waals surface area contributed by atoms with Crippen molar-refractivity contribution < 1.29 is 38.8 Å². The fraction of sp³-hybridized carbons (Fsp3) is 0.483. The molecular formula is C58H72N6O10. The van der Waals surface area contributed by atoms with Crippen molar-refractivity contribution >= 4 is 57.2 Å². The van der Waals surface area contributed by atoms with Gasteiger partial charge in [-0.1, -0.05) is 45.3 Å². The van der Waals surface area contributed by atoms with Gasteiger partial charge in [0, 0.05) is 93.9 Å². The molecule has 4 aromatic rings. The first kappa shape index (κ1) is 54.7. The number of anilines is 3. The lowest BCUT2D eigenvalue weighted by atomic mass is 9.76. The standard InChI is InChI=1S/C58H72N6O10/c1-35(2)61-37(5)57(7,8)45-31-43(47(33-49(45)61)59-51(65)19-15-11-13-17-29-73-41-25-21-39(22-26-41)63(69)70)53-55(67)54(56(53)68)44-32-46-50(62(36(3)4)38(6)58(46,9)10)34-48(44)60-52(66)20-16-12-14-18-30-74-42-27-23-40(24-28-42)64(71)72/h21-28,31-38H,11-20,29-30H2,1-10H3,(H2,59,60,65,66,67,68). The Bertz CT molecular complexity index is 2980. The van der Waals surface area contributed by atoms with Gasteiger partial charge in [0.05, 0.1) is 39.9 Å². The monoisotopic (exact) mass is 1010 g/mol. The molecule has 74 heavy (non-hydrogen) atoms. The van der Waals surface area contributed by atoms with Crippen LogP contribution in [0.5, 0.6) is 11.5 Å². The van der Waals surface area contributed by atoms with Crippen molar-refractivity contribution in [1.82, 2.24) is 4.58 Å². The third-order valence-corrected chi connectivity index (χ3v) is 15.5. The number of amides is 2. The molecule has 3 aliphatic rings. The number of nitro benzene ring substituents is 2. The fourth-order valence-corrected chi connectivity index (χ4v) is 10.8.